The van der Waals surface area contributed by atoms with Crippen LogP contribution in [-0.4, -0.2) is 49.8 Å². The van der Waals surface area contributed by atoms with Gasteiger partial charge in [-0.25, -0.2) is 4.79 Å². The van der Waals surface area contributed by atoms with Crippen LogP contribution in [-0.2, 0) is 19.1 Å². The van der Waals surface area contributed by atoms with E-state index < -0.39 is 12.0 Å². The highest BCUT2D eigenvalue weighted by Gasteiger charge is 2.33. The first-order valence-corrected chi connectivity index (χ1v) is 8.02. The molecular weight excluding hydrogens is 342 g/mol. The van der Waals surface area contributed by atoms with Gasteiger partial charge in [-0.2, -0.15) is 0 Å². The second kappa shape index (κ2) is 8.09. The molecule has 7 nitrogen and oxygen atoms in total. The van der Waals surface area contributed by atoms with Crippen molar-refractivity contribution in [3.05, 3.63) is 41.1 Å². The molecular formula is C17H21N3O4S. The summed E-state index contributed by atoms with van der Waals surface area (Å²) in [5.41, 5.74) is 2.70. The summed E-state index contributed by atoms with van der Waals surface area (Å²) in [6, 6.07) is 6.75. The molecule has 1 aliphatic heterocycles. The van der Waals surface area contributed by atoms with Crippen molar-refractivity contribution in [3.63, 3.8) is 0 Å². The summed E-state index contributed by atoms with van der Waals surface area (Å²) in [6.45, 7) is 1.81. The Morgan fingerprint density at radius 2 is 1.92 bits per heavy atom. The first-order valence-electron chi connectivity index (χ1n) is 7.61. The Balaban J connectivity index is 2.30. The molecule has 0 saturated carbocycles. The van der Waals surface area contributed by atoms with E-state index in [1.54, 1.807) is 24.1 Å². The van der Waals surface area contributed by atoms with E-state index in [9.17, 15) is 9.59 Å². The molecule has 1 atom stereocenters. The van der Waals surface area contributed by atoms with Crippen LogP contribution in [0.1, 0.15) is 18.5 Å². The Bertz CT molecular complexity index is 715. The average Bonchev–Trinajstić information content (AvgIpc) is 2.59. The third-order valence-corrected chi connectivity index (χ3v) is 4.35. The van der Waals surface area contributed by atoms with Gasteiger partial charge in [0.2, 0.25) is 5.91 Å². The van der Waals surface area contributed by atoms with Crippen LogP contribution in [0.25, 0.3) is 0 Å². The average molecular weight is 363 g/mol. The van der Waals surface area contributed by atoms with Crippen molar-refractivity contribution in [1.29, 1.82) is 0 Å². The predicted molar refractivity (Wildman–Crippen MR) is 97.9 cm³/mol. The van der Waals surface area contributed by atoms with E-state index in [4.69, 9.17) is 21.7 Å². The smallest absolute Gasteiger partial charge is 0.337 e. The van der Waals surface area contributed by atoms with Crippen LogP contribution in [0.2, 0.25) is 0 Å². The van der Waals surface area contributed by atoms with Gasteiger partial charge in [0.15, 0.2) is 5.11 Å². The first-order chi connectivity index (χ1) is 11.9. The summed E-state index contributed by atoms with van der Waals surface area (Å²) in [7, 11) is 4.60. The number of carbonyl (C=O) groups is 2. The quantitative estimate of drug-likeness (QED) is 0.607. The van der Waals surface area contributed by atoms with Crippen LogP contribution >= 0.6 is 12.2 Å². The molecule has 0 saturated heterocycles. The van der Waals surface area contributed by atoms with E-state index >= 15 is 0 Å². The maximum absolute atomic E-state index is 12.2. The van der Waals surface area contributed by atoms with Gasteiger partial charge in [0.05, 0.1) is 18.7 Å². The minimum Gasteiger partial charge on any atom is -0.466 e. The lowest BCUT2D eigenvalue weighted by atomic mass is 9.95. The molecule has 2 rings (SSSR count). The molecule has 0 bridgehead atoms. The summed E-state index contributed by atoms with van der Waals surface area (Å²) < 4.78 is 9.70. The molecule has 25 heavy (non-hydrogen) atoms. The third kappa shape index (κ3) is 4.15. The lowest BCUT2D eigenvalue weighted by molar-refractivity contribution is -0.136. The number of benzene rings is 1. The number of nitrogens with zero attached hydrogens (tertiary/aromatic N) is 1. The molecule has 1 aliphatic rings. The molecule has 0 spiro atoms. The summed E-state index contributed by atoms with van der Waals surface area (Å²) in [5, 5.41) is 6.39. The van der Waals surface area contributed by atoms with Crippen LogP contribution in [0.4, 0.5) is 5.69 Å². The number of hydrogen-bond acceptors (Lipinski definition) is 5. The highest BCUT2D eigenvalue weighted by Crippen LogP contribution is 2.31. The van der Waals surface area contributed by atoms with Gasteiger partial charge < -0.3 is 25.0 Å². The number of esters is 1. The van der Waals surface area contributed by atoms with Crippen molar-refractivity contribution >= 4 is 34.9 Å². The number of ether oxygens (including phenoxy) is 2. The Hall–Kier alpha value is -2.45. The van der Waals surface area contributed by atoms with Gasteiger partial charge in [-0.05, 0) is 36.8 Å². The second-order valence-electron chi connectivity index (χ2n) is 5.54. The van der Waals surface area contributed by atoms with E-state index in [0.717, 1.165) is 11.3 Å². The topological polar surface area (TPSA) is 79.9 Å². The molecule has 2 N–H and O–H groups in total. The molecule has 0 aliphatic carbocycles. The molecule has 1 aromatic rings. The highest BCUT2D eigenvalue weighted by molar-refractivity contribution is 7.80. The Kier molecular flexibility index (Phi) is 6.11. The molecule has 1 heterocycles. The number of rotatable bonds is 5. The van der Waals surface area contributed by atoms with Gasteiger partial charge in [-0.3, -0.25) is 4.79 Å². The summed E-state index contributed by atoms with van der Waals surface area (Å²) in [4.78, 5) is 25.5. The molecule has 134 valence electrons. The van der Waals surface area contributed by atoms with Gasteiger partial charge in [0.25, 0.3) is 0 Å². The van der Waals surface area contributed by atoms with Crippen LogP contribution in [0, 0.1) is 0 Å². The Morgan fingerprint density at radius 1 is 1.28 bits per heavy atom. The normalized spacial score (nSPS) is 17.2. The van der Waals surface area contributed by atoms with Crippen LogP contribution in [0.5, 0.6) is 0 Å². The van der Waals surface area contributed by atoms with Gasteiger partial charge >= 0.3 is 5.97 Å². The fourth-order valence-electron chi connectivity index (χ4n) is 2.55. The fraction of sp³-hybridized carbons (Fsp3) is 0.353. The van der Waals surface area contributed by atoms with Crippen molar-refractivity contribution in [2.24, 2.45) is 0 Å². The van der Waals surface area contributed by atoms with Gasteiger partial charge in [0.1, 0.15) is 6.61 Å². The van der Waals surface area contributed by atoms with Gasteiger partial charge in [-0.15, -0.1) is 0 Å². The SMILES string of the molecule is COCC(=O)Nc1ccc([C@H]2NC(=S)N(C)C(C)=C2C(=O)OC)cc1. The van der Waals surface area contributed by atoms with E-state index in [1.165, 1.54) is 14.2 Å². The summed E-state index contributed by atoms with van der Waals surface area (Å²) in [6.07, 6.45) is 0. The Morgan fingerprint density at radius 3 is 2.48 bits per heavy atom. The largest absolute Gasteiger partial charge is 0.466 e. The highest BCUT2D eigenvalue weighted by atomic mass is 32.1. The lowest BCUT2D eigenvalue weighted by Crippen LogP contribution is -2.46. The molecule has 1 amide bonds. The van der Waals surface area contributed by atoms with E-state index in [0.29, 0.717) is 16.4 Å². The van der Waals surface area contributed by atoms with Gasteiger partial charge in [0, 0.05) is 25.5 Å². The maximum Gasteiger partial charge on any atom is 0.337 e. The number of nitrogens with one attached hydrogen (secondary N) is 2. The van der Waals surface area contributed by atoms with E-state index in [2.05, 4.69) is 10.6 Å². The lowest BCUT2D eigenvalue weighted by Gasteiger charge is -2.35. The van der Waals surface area contributed by atoms with Crippen molar-refractivity contribution in [1.82, 2.24) is 10.2 Å². The van der Waals surface area contributed by atoms with E-state index in [1.807, 2.05) is 19.1 Å². The number of hydrogen-bond donors (Lipinski definition) is 2. The standard InChI is InChI=1S/C17H21N3O4S/c1-10-14(16(22)24-4)15(19-17(25)20(10)2)11-5-7-12(8-6-11)18-13(21)9-23-3/h5-8,15H,9H2,1-4H3,(H,18,21)(H,19,25)/t15-/m1/s1. The summed E-state index contributed by atoms with van der Waals surface area (Å²) >= 11 is 5.33. The van der Waals surface area contributed by atoms with Gasteiger partial charge in [-0.1, -0.05) is 12.1 Å². The van der Waals surface area contributed by atoms with Crippen LogP contribution in [0.15, 0.2) is 35.5 Å². The zero-order chi connectivity index (χ0) is 18.6. The van der Waals surface area contributed by atoms with E-state index in [-0.39, 0.29) is 12.5 Å². The predicted octanol–water partition coefficient (Wildman–Crippen LogP) is 1.58. The zero-order valence-corrected chi connectivity index (χ0v) is 15.4. The first kappa shape index (κ1) is 18.9. The zero-order valence-electron chi connectivity index (χ0n) is 14.6. The van der Waals surface area contributed by atoms with Crippen LogP contribution < -0.4 is 10.6 Å². The Labute approximate surface area is 152 Å². The molecule has 1 aromatic carbocycles. The minimum atomic E-state index is -0.417. The molecule has 0 radical (unpaired) electrons. The number of amides is 1. The monoisotopic (exact) mass is 363 g/mol. The number of carbonyl (C=O) groups excluding carboxylic acids is 2. The number of anilines is 1. The molecule has 0 fully saturated rings. The number of thiocarbonyl (C=S) groups is 1. The molecule has 0 aromatic heterocycles. The number of allylic oxidation sites excluding steroid dienone is 1. The molecule has 0 unspecified atom stereocenters. The van der Waals surface area contributed by atoms with Crippen molar-refractivity contribution in [2.75, 3.05) is 33.2 Å². The van der Waals surface area contributed by atoms with Crippen molar-refractivity contribution < 1.29 is 19.1 Å². The molecule has 8 heteroatoms. The second-order valence-corrected chi connectivity index (χ2v) is 5.92. The van der Waals surface area contributed by atoms with Crippen molar-refractivity contribution in [2.45, 2.75) is 13.0 Å². The minimum absolute atomic E-state index is 0.0129. The number of methoxy groups -OCH3 is 2. The fourth-order valence-corrected chi connectivity index (χ4v) is 2.80. The van der Waals surface area contributed by atoms with Crippen LogP contribution in [0.3, 0.4) is 0 Å². The third-order valence-electron chi connectivity index (χ3n) is 3.96. The summed E-state index contributed by atoms with van der Waals surface area (Å²) in [5.74, 6) is -0.651. The maximum atomic E-state index is 12.2. The van der Waals surface area contributed by atoms with Crippen molar-refractivity contribution in [3.8, 4) is 0 Å².